The van der Waals surface area contributed by atoms with Crippen molar-refractivity contribution in [2.75, 3.05) is 26.1 Å². The predicted octanol–water partition coefficient (Wildman–Crippen LogP) is 2.38. The van der Waals surface area contributed by atoms with Crippen LogP contribution in [0.15, 0.2) is 12.1 Å². The number of carbonyl (C=O) groups excluding carboxylic acids is 1. The average Bonchev–Trinajstić information content (AvgIpc) is 2.23. The summed E-state index contributed by atoms with van der Waals surface area (Å²) >= 11 is 11.6. The van der Waals surface area contributed by atoms with Gasteiger partial charge >= 0.3 is 5.97 Å². The molecule has 0 unspecified atom stereocenters. The summed E-state index contributed by atoms with van der Waals surface area (Å²) in [6.45, 7) is 0.470. The molecule has 0 atom stereocenters. The summed E-state index contributed by atoms with van der Waals surface area (Å²) in [7, 11) is 1.51. The number of esters is 1. The van der Waals surface area contributed by atoms with Crippen LogP contribution in [0, 0.1) is 0 Å². The number of hydrogen-bond donors (Lipinski definition) is 1. The van der Waals surface area contributed by atoms with E-state index in [1.807, 2.05) is 0 Å². The molecule has 0 aliphatic carbocycles. The summed E-state index contributed by atoms with van der Waals surface area (Å²) in [5.74, 6) is -0.573. The van der Waals surface area contributed by atoms with Crippen LogP contribution in [-0.4, -0.2) is 26.3 Å². The number of rotatable bonds is 4. The molecule has 1 aromatic carbocycles. The maximum atomic E-state index is 11.6. The van der Waals surface area contributed by atoms with Gasteiger partial charge in [-0.05, 0) is 12.1 Å². The van der Waals surface area contributed by atoms with E-state index in [-0.39, 0.29) is 22.2 Å². The number of carbonyl (C=O) groups is 1. The van der Waals surface area contributed by atoms with Gasteiger partial charge in [0.05, 0.1) is 22.2 Å². The van der Waals surface area contributed by atoms with Gasteiger partial charge in [0.1, 0.15) is 6.61 Å². The summed E-state index contributed by atoms with van der Waals surface area (Å²) < 4.78 is 9.64. The second-order valence-corrected chi connectivity index (χ2v) is 3.78. The molecule has 0 saturated carbocycles. The fourth-order valence-electron chi connectivity index (χ4n) is 1.05. The molecule has 0 aromatic heterocycles. The molecule has 16 heavy (non-hydrogen) atoms. The molecule has 0 fully saturated rings. The van der Waals surface area contributed by atoms with Crippen molar-refractivity contribution < 1.29 is 14.3 Å². The Bertz CT molecular complexity index is 396. The molecule has 0 amide bonds. The third-order valence-electron chi connectivity index (χ3n) is 1.79. The normalized spacial score (nSPS) is 10.2. The molecule has 0 radical (unpaired) electrons. The molecule has 0 bridgehead atoms. The Labute approximate surface area is 103 Å². The minimum atomic E-state index is -0.573. The van der Waals surface area contributed by atoms with Crippen molar-refractivity contribution in [1.82, 2.24) is 0 Å². The molecule has 1 aromatic rings. The van der Waals surface area contributed by atoms with Crippen LogP contribution in [0.1, 0.15) is 10.4 Å². The van der Waals surface area contributed by atoms with E-state index in [1.165, 1.54) is 19.2 Å². The Kier molecular flexibility index (Phi) is 4.86. The van der Waals surface area contributed by atoms with Gasteiger partial charge in [0.25, 0.3) is 0 Å². The van der Waals surface area contributed by atoms with E-state index in [0.29, 0.717) is 12.3 Å². The molecular weight excluding hydrogens is 253 g/mol. The van der Waals surface area contributed by atoms with E-state index in [2.05, 4.69) is 0 Å². The third-order valence-corrected chi connectivity index (χ3v) is 2.59. The van der Waals surface area contributed by atoms with E-state index in [4.69, 9.17) is 38.4 Å². The molecule has 0 saturated heterocycles. The third kappa shape index (κ3) is 3.27. The number of benzene rings is 1. The zero-order valence-electron chi connectivity index (χ0n) is 8.63. The van der Waals surface area contributed by atoms with Crippen molar-refractivity contribution in [2.45, 2.75) is 0 Å². The number of ether oxygens (including phenoxy) is 2. The summed E-state index contributed by atoms with van der Waals surface area (Å²) in [4.78, 5) is 11.6. The van der Waals surface area contributed by atoms with E-state index in [0.717, 1.165) is 0 Å². The summed E-state index contributed by atoms with van der Waals surface area (Å²) in [5, 5.41) is 0.360. The smallest absolute Gasteiger partial charge is 0.339 e. The minimum Gasteiger partial charge on any atom is -0.460 e. The molecule has 0 aliphatic rings. The molecule has 2 N–H and O–H groups in total. The molecule has 88 valence electrons. The van der Waals surface area contributed by atoms with Gasteiger partial charge in [0.15, 0.2) is 0 Å². The lowest BCUT2D eigenvalue weighted by Gasteiger charge is -2.07. The van der Waals surface area contributed by atoms with Crippen LogP contribution in [0.3, 0.4) is 0 Å². The van der Waals surface area contributed by atoms with Gasteiger partial charge in [-0.1, -0.05) is 23.2 Å². The Morgan fingerprint density at radius 3 is 2.69 bits per heavy atom. The minimum absolute atomic E-state index is 0.137. The summed E-state index contributed by atoms with van der Waals surface area (Å²) in [6, 6.07) is 2.89. The molecule has 0 spiro atoms. The number of nitrogen functional groups attached to an aromatic ring is 1. The second-order valence-electron chi connectivity index (χ2n) is 2.99. The van der Waals surface area contributed by atoms with Crippen molar-refractivity contribution in [3.05, 3.63) is 27.7 Å². The Balaban J connectivity index is 2.82. The van der Waals surface area contributed by atoms with E-state index < -0.39 is 5.97 Å². The SMILES string of the molecule is COCCOC(=O)c1cc(N)cc(Cl)c1Cl. The highest BCUT2D eigenvalue weighted by atomic mass is 35.5. The number of hydrogen-bond acceptors (Lipinski definition) is 4. The largest absolute Gasteiger partial charge is 0.460 e. The van der Waals surface area contributed by atoms with Crippen LogP contribution in [0.5, 0.6) is 0 Å². The summed E-state index contributed by atoms with van der Waals surface area (Å²) in [6.07, 6.45) is 0. The van der Waals surface area contributed by atoms with Crippen LogP contribution in [0.25, 0.3) is 0 Å². The zero-order chi connectivity index (χ0) is 12.1. The zero-order valence-corrected chi connectivity index (χ0v) is 10.1. The first-order chi connectivity index (χ1) is 7.56. The monoisotopic (exact) mass is 263 g/mol. The van der Waals surface area contributed by atoms with Gasteiger partial charge in [-0.2, -0.15) is 0 Å². The average molecular weight is 264 g/mol. The van der Waals surface area contributed by atoms with Crippen LogP contribution in [-0.2, 0) is 9.47 Å². The van der Waals surface area contributed by atoms with Crippen molar-refractivity contribution in [3.8, 4) is 0 Å². The molecule has 1 rings (SSSR count). The van der Waals surface area contributed by atoms with Crippen LogP contribution < -0.4 is 5.73 Å². The second kappa shape index (κ2) is 5.94. The lowest BCUT2D eigenvalue weighted by atomic mass is 10.2. The van der Waals surface area contributed by atoms with Crippen LogP contribution in [0.4, 0.5) is 5.69 Å². The highest BCUT2D eigenvalue weighted by Crippen LogP contribution is 2.29. The van der Waals surface area contributed by atoms with Crippen molar-refractivity contribution in [1.29, 1.82) is 0 Å². The molecule has 6 heteroatoms. The number of methoxy groups -OCH3 is 1. The number of nitrogens with two attached hydrogens (primary N) is 1. The Hall–Kier alpha value is -0.970. The standard InChI is InChI=1S/C10H11Cl2NO3/c1-15-2-3-16-10(14)7-4-6(13)5-8(11)9(7)12/h4-5H,2-3,13H2,1H3. The summed E-state index contributed by atoms with van der Waals surface area (Å²) in [5.41, 5.74) is 6.06. The van der Waals surface area contributed by atoms with Gasteiger partial charge in [0, 0.05) is 12.8 Å². The van der Waals surface area contributed by atoms with Gasteiger partial charge in [-0.25, -0.2) is 4.79 Å². The first-order valence-electron chi connectivity index (χ1n) is 4.47. The fourth-order valence-corrected chi connectivity index (χ4v) is 1.47. The lowest BCUT2D eigenvalue weighted by molar-refractivity contribution is 0.0388. The van der Waals surface area contributed by atoms with E-state index in [1.54, 1.807) is 0 Å². The topological polar surface area (TPSA) is 61.5 Å². The van der Waals surface area contributed by atoms with E-state index >= 15 is 0 Å². The highest BCUT2D eigenvalue weighted by molar-refractivity contribution is 6.44. The van der Waals surface area contributed by atoms with Crippen molar-refractivity contribution >= 4 is 34.9 Å². The molecular formula is C10H11Cl2NO3. The highest BCUT2D eigenvalue weighted by Gasteiger charge is 2.15. The van der Waals surface area contributed by atoms with Crippen molar-refractivity contribution in [3.63, 3.8) is 0 Å². The fraction of sp³-hybridized carbons (Fsp3) is 0.300. The van der Waals surface area contributed by atoms with Crippen LogP contribution in [0.2, 0.25) is 10.0 Å². The Morgan fingerprint density at radius 2 is 2.06 bits per heavy atom. The molecule has 0 heterocycles. The van der Waals surface area contributed by atoms with Gasteiger partial charge < -0.3 is 15.2 Å². The Morgan fingerprint density at radius 1 is 1.38 bits per heavy atom. The van der Waals surface area contributed by atoms with Gasteiger partial charge in [-0.3, -0.25) is 0 Å². The number of anilines is 1. The lowest BCUT2D eigenvalue weighted by Crippen LogP contribution is -2.11. The predicted molar refractivity (Wildman–Crippen MR) is 63.0 cm³/mol. The van der Waals surface area contributed by atoms with Gasteiger partial charge in [-0.15, -0.1) is 0 Å². The first kappa shape index (κ1) is 13.1. The van der Waals surface area contributed by atoms with Crippen LogP contribution >= 0.6 is 23.2 Å². The quantitative estimate of drug-likeness (QED) is 0.515. The van der Waals surface area contributed by atoms with E-state index in [9.17, 15) is 4.79 Å². The maximum Gasteiger partial charge on any atom is 0.339 e. The maximum absolute atomic E-state index is 11.6. The molecule has 0 aliphatic heterocycles. The number of halogens is 2. The van der Waals surface area contributed by atoms with Crippen molar-refractivity contribution in [2.24, 2.45) is 0 Å². The first-order valence-corrected chi connectivity index (χ1v) is 5.22. The van der Waals surface area contributed by atoms with Gasteiger partial charge in [0.2, 0.25) is 0 Å². The molecule has 4 nitrogen and oxygen atoms in total.